The van der Waals surface area contributed by atoms with Gasteiger partial charge in [0, 0.05) is 17.5 Å². The molecule has 1 aromatic rings. The second kappa shape index (κ2) is 5.73. The summed E-state index contributed by atoms with van der Waals surface area (Å²) in [5.74, 6) is -1.20. The van der Waals surface area contributed by atoms with Crippen LogP contribution in [-0.2, 0) is 0 Å². The van der Waals surface area contributed by atoms with Gasteiger partial charge in [-0.2, -0.15) is 0 Å². The molecule has 0 heterocycles. The molecule has 1 rings (SSSR count). The van der Waals surface area contributed by atoms with Crippen LogP contribution in [0, 0.1) is 11.6 Å². The largest absolute Gasteiger partial charge is 0.314 e. The fourth-order valence-electron chi connectivity index (χ4n) is 1.71. The van der Waals surface area contributed by atoms with Crippen LogP contribution in [-0.4, -0.2) is 12.6 Å². The third-order valence-electron chi connectivity index (χ3n) is 2.81. The minimum atomic E-state index is -0.503. The molecule has 90 valence electrons. The molecule has 0 saturated carbocycles. The maximum Gasteiger partial charge on any atom is 0.143 e. The molecule has 0 aliphatic heterocycles. The summed E-state index contributed by atoms with van der Waals surface area (Å²) in [6.45, 7) is 6.49. The van der Waals surface area contributed by atoms with Gasteiger partial charge in [-0.25, -0.2) is 8.78 Å². The number of rotatable bonds is 4. The third-order valence-corrected chi connectivity index (χ3v) is 3.42. The van der Waals surface area contributed by atoms with Crippen LogP contribution in [0.15, 0.2) is 16.6 Å². The molecule has 2 atom stereocenters. The summed E-state index contributed by atoms with van der Waals surface area (Å²) in [4.78, 5) is 0. The van der Waals surface area contributed by atoms with Gasteiger partial charge >= 0.3 is 0 Å². The van der Waals surface area contributed by atoms with Crippen LogP contribution in [0.2, 0.25) is 0 Å². The van der Waals surface area contributed by atoms with Crippen molar-refractivity contribution in [3.8, 4) is 0 Å². The lowest BCUT2D eigenvalue weighted by Gasteiger charge is -2.22. The Hall–Kier alpha value is -0.480. The van der Waals surface area contributed by atoms with Gasteiger partial charge < -0.3 is 5.32 Å². The van der Waals surface area contributed by atoms with Gasteiger partial charge in [-0.3, -0.25) is 0 Å². The first-order chi connectivity index (χ1) is 7.49. The lowest BCUT2D eigenvalue weighted by atomic mass is 9.93. The van der Waals surface area contributed by atoms with E-state index in [4.69, 9.17) is 0 Å². The number of likely N-dealkylation sites (N-methyl/N-ethyl adjacent to an activating group) is 1. The van der Waals surface area contributed by atoms with E-state index in [9.17, 15) is 8.78 Å². The van der Waals surface area contributed by atoms with Crippen LogP contribution < -0.4 is 5.32 Å². The van der Waals surface area contributed by atoms with Gasteiger partial charge in [0.25, 0.3) is 0 Å². The molecular formula is C12H16BrF2N. The number of hydrogen-bond acceptors (Lipinski definition) is 1. The summed E-state index contributed by atoms with van der Waals surface area (Å²) < 4.78 is 27.7. The van der Waals surface area contributed by atoms with Gasteiger partial charge in [0.05, 0.1) is 4.47 Å². The monoisotopic (exact) mass is 291 g/mol. The van der Waals surface area contributed by atoms with Crippen LogP contribution in [0.4, 0.5) is 8.78 Å². The molecule has 0 amide bonds. The molecule has 0 fully saturated rings. The molecule has 0 bridgehead atoms. The van der Waals surface area contributed by atoms with E-state index in [-0.39, 0.29) is 17.5 Å². The summed E-state index contributed by atoms with van der Waals surface area (Å²) in [7, 11) is 0. The summed E-state index contributed by atoms with van der Waals surface area (Å²) in [6.07, 6.45) is 0. The summed E-state index contributed by atoms with van der Waals surface area (Å²) in [6, 6.07) is 2.71. The Morgan fingerprint density at radius 1 is 1.31 bits per heavy atom. The van der Waals surface area contributed by atoms with Crippen LogP contribution in [0.5, 0.6) is 0 Å². The number of hydrogen-bond donors (Lipinski definition) is 1. The smallest absolute Gasteiger partial charge is 0.143 e. The number of halogens is 3. The van der Waals surface area contributed by atoms with Crippen molar-refractivity contribution in [1.82, 2.24) is 5.32 Å². The maximum absolute atomic E-state index is 13.8. The van der Waals surface area contributed by atoms with Crippen LogP contribution in [0.3, 0.4) is 0 Å². The Bertz CT molecular complexity index is 368. The quantitative estimate of drug-likeness (QED) is 0.832. The third kappa shape index (κ3) is 2.80. The van der Waals surface area contributed by atoms with Crippen LogP contribution >= 0.6 is 15.9 Å². The molecule has 0 aliphatic carbocycles. The van der Waals surface area contributed by atoms with Gasteiger partial charge in [0.1, 0.15) is 11.6 Å². The molecule has 1 aromatic carbocycles. The van der Waals surface area contributed by atoms with Crippen molar-refractivity contribution in [2.45, 2.75) is 32.7 Å². The van der Waals surface area contributed by atoms with E-state index in [0.717, 1.165) is 6.54 Å². The highest BCUT2D eigenvalue weighted by Crippen LogP contribution is 2.29. The second-order valence-corrected chi connectivity index (χ2v) is 4.75. The first kappa shape index (κ1) is 13.6. The lowest BCUT2D eigenvalue weighted by molar-refractivity contribution is 0.451. The van der Waals surface area contributed by atoms with Crippen molar-refractivity contribution in [2.24, 2.45) is 0 Å². The highest BCUT2D eigenvalue weighted by Gasteiger charge is 2.22. The van der Waals surface area contributed by atoms with Gasteiger partial charge in [-0.05, 0) is 41.5 Å². The molecule has 0 saturated heterocycles. The van der Waals surface area contributed by atoms with Gasteiger partial charge in [-0.15, -0.1) is 0 Å². The highest BCUT2D eigenvalue weighted by atomic mass is 79.9. The maximum atomic E-state index is 13.8. The Morgan fingerprint density at radius 3 is 2.50 bits per heavy atom. The SMILES string of the molecule is CCNC(C)C(C)c1c(F)ccc(Br)c1F. The molecular weight excluding hydrogens is 276 g/mol. The van der Waals surface area contributed by atoms with Crippen molar-refractivity contribution in [3.63, 3.8) is 0 Å². The molecule has 2 unspecified atom stereocenters. The highest BCUT2D eigenvalue weighted by molar-refractivity contribution is 9.10. The molecule has 0 spiro atoms. The lowest BCUT2D eigenvalue weighted by Crippen LogP contribution is -2.31. The van der Waals surface area contributed by atoms with Gasteiger partial charge in [-0.1, -0.05) is 13.8 Å². The Kier molecular flexibility index (Phi) is 4.87. The van der Waals surface area contributed by atoms with E-state index in [1.54, 1.807) is 0 Å². The molecule has 1 N–H and O–H groups in total. The van der Waals surface area contributed by atoms with E-state index in [1.807, 2.05) is 20.8 Å². The van der Waals surface area contributed by atoms with E-state index in [0.29, 0.717) is 4.47 Å². The number of nitrogens with one attached hydrogen (secondary N) is 1. The van der Waals surface area contributed by atoms with Gasteiger partial charge in [0.2, 0.25) is 0 Å². The Balaban J connectivity index is 3.07. The molecule has 4 heteroatoms. The van der Waals surface area contributed by atoms with Crippen molar-refractivity contribution in [3.05, 3.63) is 33.8 Å². The second-order valence-electron chi connectivity index (χ2n) is 3.89. The summed E-state index contributed by atoms with van der Waals surface area (Å²) >= 11 is 3.07. The fraction of sp³-hybridized carbons (Fsp3) is 0.500. The molecule has 1 nitrogen and oxygen atoms in total. The van der Waals surface area contributed by atoms with Crippen LogP contribution in [0.25, 0.3) is 0 Å². The zero-order chi connectivity index (χ0) is 12.3. The zero-order valence-electron chi connectivity index (χ0n) is 9.65. The van der Waals surface area contributed by atoms with Gasteiger partial charge in [0.15, 0.2) is 0 Å². The normalized spacial score (nSPS) is 14.9. The first-order valence-corrected chi connectivity index (χ1v) is 6.15. The summed E-state index contributed by atoms with van der Waals surface area (Å²) in [5, 5.41) is 3.17. The zero-order valence-corrected chi connectivity index (χ0v) is 11.2. The van der Waals surface area contributed by atoms with E-state index in [2.05, 4.69) is 21.2 Å². The minimum absolute atomic E-state index is 0.0308. The van der Waals surface area contributed by atoms with Crippen molar-refractivity contribution in [2.75, 3.05) is 6.54 Å². The van der Waals surface area contributed by atoms with Crippen molar-refractivity contribution >= 4 is 15.9 Å². The molecule has 0 radical (unpaired) electrons. The number of benzene rings is 1. The summed E-state index contributed by atoms with van der Waals surface area (Å²) in [5.41, 5.74) is 0.142. The topological polar surface area (TPSA) is 12.0 Å². The van der Waals surface area contributed by atoms with Crippen molar-refractivity contribution in [1.29, 1.82) is 0 Å². The molecule has 0 aliphatic rings. The van der Waals surface area contributed by atoms with E-state index in [1.165, 1.54) is 12.1 Å². The molecule has 0 aromatic heterocycles. The first-order valence-electron chi connectivity index (χ1n) is 5.35. The minimum Gasteiger partial charge on any atom is -0.314 e. The van der Waals surface area contributed by atoms with Crippen molar-refractivity contribution < 1.29 is 8.78 Å². The van der Waals surface area contributed by atoms with E-state index >= 15 is 0 Å². The average Bonchev–Trinajstić information content (AvgIpc) is 2.24. The average molecular weight is 292 g/mol. The predicted octanol–water partition coefficient (Wildman–Crippen LogP) is 3.83. The Morgan fingerprint density at radius 2 is 1.94 bits per heavy atom. The predicted molar refractivity (Wildman–Crippen MR) is 65.6 cm³/mol. The molecule has 16 heavy (non-hydrogen) atoms. The van der Waals surface area contributed by atoms with Crippen LogP contribution in [0.1, 0.15) is 32.3 Å². The fourth-order valence-corrected chi connectivity index (χ4v) is 2.05. The standard InChI is InChI=1S/C12H16BrF2N/c1-4-16-8(3)7(2)11-10(14)6-5-9(13)12(11)15/h5-8,16H,4H2,1-3H3. The Labute approximate surface area is 103 Å². The van der Waals surface area contributed by atoms with E-state index < -0.39 is 11.6 Å².